The van der Waals surface area contributed by atoms with Gasteiger partial charge in [-0.1, -0.05) is 259 Å². The Morgan fingerprint density at radius 1 is 0.311 bits per heavy atom. The molecule has 5 nitrogen and oxygen atoms in total. The maximum Gasteiger partial charge on any atom is 0.306 e. The van der Waals surface area contributed by atoms with Crippen molar-refractivity contribution in [3.8, 4) is 0 Å². The van der Waals surface area contributed by atoms with E-state index in [1.807, 2.05) is 0 Å². The fourth-order valence-corrected chi connectivity index (χ4v) is 8.60. The summed E-state index contributed by atoms with van der Waals surface area (Å²) in [6.45, 7) is 7.65. The molecule has 0 amide bonds. The lowest BCUT2D eigenvalue weighted by Gasteiger charge is -2.18. The number of hydrogen-bond acceptors (Lipinski definition) is 5. The highest BCUT2D eigenvalue weighted by Crippen LogP contribution is 2.15. The number of hydrogen-bond donors (Lipinski definition) is 0. The van der Waals surface area contributed by atoms with E-state index in [0.717, 1.165) is 103 Å². The quantitative estimate of drug-likeness (QED) is 0.0345. The van der Waals surface area contributed by atoms with E-state index >= 15 is 0 Å². The maximum absolute atomic E-state index is 12.9. The first kappa shape index (κ1) is 70.6. The van der Waals surface area contributed by atoms with Gasteiger partial charge in [-0.2, -0.15) is 0 Å². The summed E-state index contributed by atoms with van der Waals surface area (Å²) in [5.74, 6) is -0.439. The summed E-state index contributed by atoms with van der Waals surface area (Å²) in [7, 11) is 0. The van der Waals surface area contributed by atoms with Gasteiger partial charge in [-0.15, -0.1) is 0 Å². The Labute approximate surface area is 459 Å². The standard InChI is InChI=1S/C69H118O5/c1-4-7-10-13-16-19-22-25-28-31-34-37-40-43-46-49-52-55-58-61-64-72-65-67(74-69(71)63-60-57-54-51-48-45-42-39-36-33-30-27-24-21-18-15-12-9-6-3)66-73-68(70)62-59-56-53-50-47-44-41-38-35-32-29-26-23-20-17-14-11-8-5-2/h8,11,16-17,19-20,25-30,34-35,37-38,44,47,67H,4-7,9-10,12-15,18,21-24,31-33,36,39-43,45-46,48-66H2,1-3H3/b11-8-,19-16-,20-17-,28-25-,29-26-,30-27-,37-34-,38-35-,47-44-. The molecule has 0 N–H and O–H groups in total. The highest BCUT2D eigenvalue weighted by Gasteiger charge is 2.17. The second kappa shape index (κ2) is 63.8. The van der Waals surface area contributed by atoms with Crippen LogP contribution in [0.15, 0.2) is 109 Å². The van der Waals surface area contributed by atoms with Crippen LogP contribution < -0.4 is 0 Å². The average Bonchev–Trinajstić information content (AvgIpc) is 3.40. The Bertz CT molecular complexity index is 1440. The molecule has 74 heavy (non-hydrogen) atoms. The fraction of sp³-hybridized carbons (Fsp3) is 0.710. The van der Waals surface area contributed by atoms with Crippen molar-refractivity contribution < 1.29 is 23.8 Å². The monoisotopic (exact) mass is 1030 g/mol. The number of rotatable bonds is 57. The zero-order valence-corrected chi connectivity index (χ0v) is 48.8. The molecular weight excluding hydrogens is 909 g/mol. The molecule has 0 fully saturated rings. The number of carbonyl (C=O) groups excluding carboxylic acids is 2. The fourth-order valence-electron chi connectivity index (χ4n) is 8.60. The average molecular weight is 1030 g/mol. The molecule has 0 bridgehead atoms. The maximum atomic E-state index is 12.9. The van der Waals surface area contributed by atoms with Crippen molar-refractivity contribution in [1.82, 2.24) is 0 Å². The van der Waals surface area contributed by atoms with Crippen molar-refractivity contribution in [1.29, 1.82) is 0 Å². The summed E-state index contributed by atoms with van der Waals surface area (Å²) in [4.78, 5) is 25.6. The van der Waals surface area contributed by atoms with Gasteiger partial charge < -0.3 is 14.2 Å². The lowest BCUT2D eigenvalue weighted by molar-refractivity contribution is -0.163. The van der Waals surface area contributed by atoms with E-state index in [9.17, 15) is 9.59 Å². The Morgan fingerprint density at radius 3 is 1.03 bits per heavy atom. The highest BCUT2D eigenvalue weighted by molar-refractivity contribution is 5.70. The summed E-state index contributed by atoms with van der Waals surface area (Å²) in [6, 6.07) is 0. The molecule has 1 unspecified atom stereocenters. The van der Waals surface area contributed by atoms with Crippen LogP contribution in [0.1, 0.15) is 290 Å². The zero-order chi connectivity index (χ0) is 53.4. The van der Waals surface area contributed by atoms with Gasteiger partial charge in [-0.05, 0) is 128 Å². The van der Waals surface area contributed by atoms with E-state index in [1.165, 1.54) is 154 Å². The van der Waals surface area contributed by atoms with Crippen molar-refractivity contribution >= 4 is 11.9 Å². The smallest absolute Gasteiger partial charge is 0.306 e. The van der Waals surface area contributed by atoms with Crippen LogP contribution in [0.2, 0.25) is 0 Å². The van der Waals surface area contributed by atoms with E-state index in [2.05, 4.69) is 130 Å². The largest absolute Gasteiger partial charge is 0.462 e. The molecule has 0 aromatic carbocycles. The summed E-state index contributed by atoms with van der Waals surface area (Å²) < 4.78 is 17.5. The van der Waals surface area contributed by atoms with Gasteiger partial charge in [0, 0.05) is 19.4 Å². The molecule has 0 aliphatic carbocycles. The first-order valence-electron chi connectivity index (χ1n) is 31.4. The van der Waals surface area contributed by atoms with Crippen LogP contribution >= 0.6 is 0 Å². The van der Waals surface area contributed by atoms with Crippen LogP contribution in [0.5, 0.6) is 0 Å². The molecule has 0 aromatic rings. The van der Waals surface area contributed by atoms with E-state index in [-0.39, 0.29) is 25.2 Å². The molecule has 0 rings (SSSR count). The molecule has 0 aliphatic rings. The highest BCUT2D eigenvalue weighted by atomic mass is 16.6. The third kappa shape index (κ3) is 61.1. The van der Waals surface area contributed by atoms with E-state index in [1.54, 1.807) is 0 Å². The molecular formula is C69H118O5. The molecule has 0 heterocycles. The summed E-state index contributed by atoms with van der Waals surface area (Å²) in [5, 5.41) is 0. The van der Waals surface area contributed by atoms with Crippen LogP contribution in [-0.4, -0.2) is 37.9 Å². The Balaban J connectivity index is 4.38. The third-order valence-corrected chi connectivity index (χ3v) is 13.3. The van der Waals surface area contributed by atoms with Crippen LogP contribution in [0.3, 0.4) is 0 Å². The lowest BCUT2D eigenvalue weighted by atomic mass is 10.1. The lowest BCUT2D eigenvalue weighted by Crippen LogP contribution is -2.30. The van der Waals surface area contributed by atoms with Gasteiger partial charge in [0.25, 0.3) is 0 Å². The van der Waals surface area contributed by atoms with Crippen molar-refractivity contribution in [2.75, 3.05) is 19.8 Å². The SMILES string of the molecule is CC/C=C\C/C=C\C/C=C\C/C=C\C/C=C\CCCCCC(=O)OCC(COCCCCCCCCC/C=C\C/C=C\C/C=C\CCCCC)OC(=O)CCCCCCCCCCC/C=C\CCCCCCCC. The molecule has 0 aliphatic heterocycles. The molecule has 0 saturated heterocycles. The van der Waals surface area contributed by atoms with Crippen molar-refractivity contribution in [3.05, 3.63) is 109 Å². The second-order valence-corrected chi connectivity index (χ2v) is 20.6. The van der Waals surface area contributed by atoms with Gasteiger partial charge in [0.2, 0.25) is 0 Å². The Hall–Kier alpha value is -3.44. The molecule has 0 spiro atoms. The first-order chi connectivity index (χ1) is 36.6. The van der Waals surface area contributed by atoms with Gasteiger partial charge in [0.1, 0.15) is 6.61 Å². The minimum atomic E-state index is -0.565. The van der Waals surface area contributed by atoms with Gasteiger partial charge in [-0.3, -0.25) is 9.59 Å². The number of ether oxygens (including phenoxy) is 3. The van der Waals surface area contributed by atoms with Gasteiger partial charge >= 0.3 is 11.9 Å². The molecule has 1 atom stereocenters. The van der Waals surface area contributed by atoms with E-state index in [4.69, 9.17) is 14.2 Å². The number of carbonyl (C=O) groups is 2. The van der Waals surface area contributed by atoms with Gasteiger partial charge in [-0.25, -0.2) is 0 Å². The topological polar surface area (TPSA) is 61.8 Å². The zero-order valence-electron chi connectivity index (χ0n) is 48.8. The minimum absolute atomic E-state index is 0.0584. The number of unbranched alkanes of at least 4 members (excludes halogenated alkanes) is 28. The number of allylic oxidation sites excluding steroid dienone is 18. The van der Waals surface area contributed by atoms with Gasteiger partial charge in [0.05, 0.1) is 6.61 Å². The first-order valence-corrected chi connectivity index (χ1v) is 31.4. The molecule has 0 aromatic heterocycles. The Morgan fingerprint density at radius 2 is 0.608 bits per heavy atom. The van der Waals surface area contributed by atoms with Crippen LogP contribution in [0.25, 0.3) is 0 Å². The molecule has 5 heteroatoms. The van der Waals surface area contributed by atoms with Crippen LogP contribution in [0.4, 0.5) is 0 Å². The minimum Gasteiger partial charge on any atom is -0.462 e. The predicted molar refractivity (Wildman–Crippen MR) is 325 cm³/mol. The van der Waals surface area contributed by atoms with Crippen LogP contribution in [-0.2, 0) is 23.8 Å². The van der Waals surface area contributed by atoms with Crippen molar-refractivity contribution in [2.24, 2.45) is 0 Å². The van der Waals surface area contributed by atoms with Crippen molar-refractivity contribution in [2.45, 2.75) is 297 Å². The van der Waals surface area contributed by atoms with Crippen LogP contribution in [0, 0.1) is 0 Å². The number of esters is 2. The summed E-state index contributed by atoms with van der Waals surface area (Å²) in [6.07, 6.45) is 88.3. The Kier molecular flexibility index (Phi) is 60.9. The van der Waals surface area contributed by atoms with Gasteiger partial charge in [0.15, 0.2) is 6.10 Å². The van der Waals surface area contributed by atoms with E-state index < -0.39 is 6.10 Å². The van der Waals surface area contributed by atoms with Crippen molar-refractivity contribution in [3.63, 3.8) is 0 Å². The summed E-state index contributed by atoms with van der Waals surface area (Å²) in [5.41, 5.74) is 0. The van der Waals surface area contributed by atoms with E-state index in [0.29, 0.717) is 19.4 Å². The molecule has 0 saturated carbocycles. The normalized spacial score (nSPS) is 13.0. The second-order valence-electron chi connectivity index (χ2n) is 20.6. The molecule has 424 valence electrons. The third-order valence-electron chi connectivity index (χ3n) is 13.3. The molecule has 0 radical (unpaired) electrons. The predicted octanol–water partition coefficient (Wildman–Crippen LogP) is 21.9. The summed E-state index contributed by atoms with van der Waals surface area (Å²) >= 11 is 0.